The molecule has 22 heavy (non-hydrogen) atoms. The van der Waals surface area contributed by atoms with Gasteiger partial charge in [0.2, 0.25) is 5.88 Å². The number of amidine groups is 1. The number of aromatic nitrogens is 1. The van der Waals surface area contributed by atoms with Crippen LogP contribution in [0.25, 0.3) is 0 Å². The summed E-state index contributed by atoms with van der Waals surface area (Å²) in [6.45, 7) is 0.0843. The van der Waals surface area contributed by atoms with Crippen molar-refractivity contribution >= 4 is 37.7 Å². The van der Waals surface area contributed by atoms with Crippen molar-refractivity contribution in [2.24, 2.45) is 10.1 Å². The summed E-state index contributed by atoms with van der Waals surface area (Å²) in [6.07, 6.45) is 1.51. The van der Waals surface area contributed by atoms with E-state index in [1.165, 1.54) is 6.20 Å². The smallest absolute Gasteiger partial charge is 0.478 e. The summed E-state index contributed by atoms with van der Waals surface area (Å²) < 4.78 is 68.2. The molecule has 0 amide bonds. The molecule has 1 aromatic rings. The molecule has 1 aromatic heterocycles. The molecule has 0 saturated heterocycles. The second-order valence-electron chi connectivity index (χ2n) is 3.93. The molecule has 0 aliphatic heterocycles. The predicted molar refractivity (Wildman–Crippen MR) is 78.1 cm³/mol. The second-order valence-corrected chi connectivity index (χ2v) is 5.92. The van der Waals surface area contributed by atoms with Gasteiger partial charge in [-0.15, -0.1) is 4.40 Å². The molecule has 7 nitrogen and oxygen atoms in total. The Kier molecular flexibility index (Phi) is 6.41. The number of ether oxygens (including phenoxy) is 1. The molecule has 0 aliphatic carbocycles. The van der Waals surface area contributed by atoms with E-state index in [0.717, 1.165) is 0 Å². The fraction of sp³-hybridized carbons (Fsp3) is 0.400. The summed E-state index contributed by atoms with van der Waals surface area (Å²) in [5.74, 6) is -0.340. The third-order valence-electron chi connectivity index (χ3n) is 2.20. The number of sulfonamides is 1. The average Bonchev–Trinajstić information content (AvgIpc) is 2.42. The minimum Gasteiger partial charge on any atom is -0.478 e. The Morgan fingerprint density at radius 3 is 2.77 bits per heavy atom. The van der Waals surface area contributed by atoms with Crippen molar-refractivity contribution in [3.63, 3.8) is 0 Å². The van der Waals surface area contributed by atoms with E-state index in [4.69, 9.17) is 10.5 Å². The van der Waals surface area contributed by atoms with Gasteiger partial charge in [-0.3, -0.25) is 0 Å². The number of alkyl halides is 3. The first-order valence-electron chi connectivity index (χ1n) is 5.77. The first kappa shape index (κ1) is 18.5. The van der Waals surface area contributed by atoms with Gasteiger partial charge in [0.25, 0.3) is 0 Å². The maximum Gasteiger partial charge on any atom is 0.518 e. The lowest BCUT2D eigenvalue weighted by molar-refractivity contribution is -0.0435. The van der Waals surface area contributed by atoms with Gasteiger partial charge in [0.05, 0.1) is 12.3 Å². The predicted octanol–water partition coefficient (Wildman–Crippen LogP) is 2.17. The highest BCUT2D eigenvalue weighted by Crippen LogP contribution is 2.24. The van der Waals surface area contributed by atoms with E-state index < -0.39 is 21.4 Å². The van der Waals surface area contributed by atoms with Crippen molar-refractivity contribution in [1.29, 1.82) is 0 Å². The largest absolute Gasteiger partial charge is 0.518 e. The fourth-order valence-electron chi connectivity index (χ4n) is 1.23. The summed E-state index contributed by atoms with van der Waals surface area (Å²) in [6, 6.07) is 3.26. The van der Waals surface area contributed by atoms with Gasteiger partial charge in [0, 0.05) is 34.8 Å². The van der Waals surface area contributed by atoms with Crippen LogP contribution in [0.4, 0.5) is 18.9 Å². The Hall–Kier alpha value is -1.56. The summed E-state index contributed by atoms with van der Waals surface area (Å²) in [7, 11) is -5.60. The molecule has 0 spiro atoms. The Balaban J connectivity index is 2.47. The highest BCUT2D eigenvalue weighted by Gasteiger charge is 2.46. The highest BCUT2D eigenvalue weighted by molar-refractivity contribution is 9.10. The minimum atomic E-state index is -5.60. The van der Waals surface area contributed by atoms with Gasteiger partial charge in [-0.2, -0.15) is 21.6 Å². The lowest BCUT2D eigenvalue weighted by Crippen LogP contribution is -2.25. The number of hydrogen-bond donors (Lipinski definition) is 2. The van der Waals surface area contributed by atoms with E-state index in [9.17, 15) is 21.6 Å². The number of pyridine rings is 1. The van der Waals surface area contributed by atoms with E-state index in [1.807, 2.05) is 0 Å². The molecule has 1 rings (SSSR count). The van der Waals surface area contributed by atoms with E-state index >= 15 is 0 Å². The van der Waals surface area contributed by atoms with Crippen molar-refractivity contribution in [3.05, 3.63) is 18.3 Å². The molecule has 0 aliphatic rings. The lowest BCUT2D eigenvalue weighted by Gasteiger charge is -2.07. The molecule has 0 fully saturated rings. The van der Waals surface area contributed by atoms with Crippen molar-refractivity contribution in [2.45, 2.75) is 18.3 Å². The molecule has 12 heteroatoms. The standard InChI is InChI=1S/C10H12BrF3N4O3S/c11-17-7-3-4-16-9(6-7)21-5-1-2-8(15)18-22(19,20)10(12,13)14/h3-4,6H,1-2,5H2,(H2,15,18)(H,16,17). The molecule has 0 saturated carbocycles. The Bertz CT molecular complexity index is 637. The van der Waals surface area contributed by atoms with Gasteiger partial charge in [0.1, 0.15) is 5.84 Å². The van der Waals surface area contributed by atoms with Crippen LogP contribution in [0.15, 0.2) is 22.7 Å². The van der Waals surface area contributed by atoms with Crippen LogP contribution in [-0.4, -0.2) is 31.4 Å². The SMILES string of the molecule is NC(CCCOc1cc(NBr)ccn1)=NS(=O)(=O)C(F)(F)F. The lowest BCUT2D eigenvalue weighted by atomic mass is 10.3. The van der Waals surface area contributed by atoms with E-state index in [0.29, 0.717) is 11.6 Å². The normalized spacial score (nSPS) is 13.0. The summed E-state index contributed by atoms with van der Waals surface area (Å²) in [4.78, 5) is 3.91. The van der Waals surface area contributed by atoms with Crippen LogP contribution in [0, 0.1) is 0 Å². The Morgan fingerprint density at radius 2 is 2.18 bits per heavy atom. The number of rotatable bonds is 7. The highest BCUT2D eigenvalue weighted by atomic mass is 79.9. The number of nitrogens with one attached hydrogen (secondary N) is 1. The quantitative estimate of drug-likeness (QED) is 0.312. The third-order valence-corrected chi connectivity index (χ3v) is 3.72. The van der Waals surface area contributed by atoms with E-state index in [1.54, 1.807) is 12.1 Å². The molecule has 0 atom stereocenters. The first-order chi connectivity index (χ1) is 10.2. The summed E-state index contributed by atoms with van der Waals surface area (Å²) in [5, 5.41) is 0. The zero-order valence-electron chi connectivity index (χ0n) is 11.0. The van der Waals surface area contributed by atoms with Crippen molar-refractivity contribution in [2.75, 3.05) is 10.9 Å². The first-order valence-corrected chi connectivity index (χ1v) is 8.00. The van der Waals surface area contributed by atoms with Crippen LogP contribution in [-0.2, 0) is 10.0 Å². The van der Waals surface area contributed by atoms with Gasteiger partial charge in [-0.05, 0) is 12.5 Å². The Labute approximate surface area is 133 Å². The topological polar surface area (TPSA) is 107 Å². The number of nitrogens with zero attached hydrogens (tertiary/aromatic N) is 2. The molecular weight excluding hydrogens is 393 g/mol. The van der Waals surface area contributed by atoms with Gasteiger partial charge < -0.3 is 14.8 Å². The summed E-state index contributed by atoms with van der Waals surface area (Å²) in [5.41, 5.74) is 0.404. The second kappa shape index (κ2) is 7.63. The van der Waals surface area contributed by atoms with Gasteiger partial charge in [0.15, 0.2) is 0 Å². The van der Waals surface area contributed by atoms with Gasteiger partial charge in [-0.1, -0.05) is 0 Å². The Morgan fingerprint density at radius 1 is 1.50 bits per heavy atom. The minimum absolute atomic E-state index is 0.0843. The molecule has 0 radical (unpaired) electrons. The zero-order chi connectivity index (χ0) is 16.8. The third kappa shape index (κ3) is 5.67. The number of halogens is 4. The van der Waals surface area contributed by atoms with Crippen LogP contribution in [0.1, 0.15) is 12.8 Å². The van der Waals surface area contributed by atoms with Gasteiger partial charge >= 0.3 is 15.5 Å². The maximum atomic E-state index is 12.1. The summed E-state index contributed by atoms with van der Waals surface area (Å²) >= 11 is 3.02. The van der Waals surface area contributed by atoms with Crippen LogP contribution in [0.5, 0.6) is 5.88 Å². The molecule has 124 valence electrons. The van der Waals surface area contributed by atoms with Crippen LogP contribution < -0.4 is 14.8 Å². The van der Waals surface area contributed by atoms with Crippen molar-refractivity contribution < 1.29 is 26.3 Å². The fourth-order valence-corrected chi connectivity index (χ4v) is 1.98. The monoisotopic (exact) mass is 404 g/mol. The number of hydrogen-bond acceptors (Lipinski definition) is 5. The van der Waals surface area contributed by atoms with Crippen molar-refractivity contribution in [3.8, 4) is 5.88 Å². The van der Waals surface area contributed by atoms with E-state index in [2.05, 4.69) is 29.9 Å². The van der Waals surface area contributed by atoms with Crippen LogP contribution in [0.2, 0.25) is 0 Å². The average molecular weight is 405 g/mol. The van der Waals surface area contributed by atoms with Crippen LogP contribution >= 0.6 is 16.1 Å². The molecule has 1 heterocycles. The van der Waals surface area contributed by atoms with Gasteiger partial charge in [-0.25, -0.2) is 4.98 Å². The number of anilines is 1. The molecular formula is C10H12BrF3N4O3S. The molecule has 3 N–H and O–H groups in total. The molecule has 0 unspecified atom stereocenters. The molecule has 0 bridgehead atoms. The zero-order valence-corrected chi connectivity index (χ0v) is 13.4. The molecule has 0 aromatic carbocycles. The number of nitrogens with two attached hydrogens (primary N) is 1. The maximum absolute atomic E-state index is 12.1. The van der Waals surface area contributed by atoms with Crippen LogP contribution in [0.3, 0.4) is 0 Å². The van der Waals surface area contributed by atoms with E-state index in [-0.39, 0.29) is 19.4 Å². The van der Waals surface area contributed by atoms with Crippen molar-refractivity contribution in [1.82, 2.24) is 4.98 Å².